The highest BCUT2D eigenvalue weighted by Crippen LogP contribution is 2.27. The van der Waals surface area contributed by atoms with Gasteiger partial charge in [-0.1, -0.05) is 29.8 Å². The third-order valence-corrected chi connectivity index (χ3v) is 3.21. The Labute approximate surface area is 106 Å². The molecule has 0 amide bonds. The van der Waals surface area contributed by atoms with Gasteiger partial charge in [0.2, 0.25) is 0 Å². The van der Waals surface area contributed by atoms with Gasteiger partial charge in [-0.2, -0.15) is 0 Å². The number of pyridine rings is 1. The maximum atomic E-state index is 10.2. The van der Waals surface area contributed by atoms with Crippen LogP contribution in [0.25, 0.3) is 0 Å². The van der Waals surface area contributed by atoms with E-state index in [1.54, 1.807) is 18.3 Å². The second kappa shape index (κ2) is 4.86. The molecule has 0 radical (unpaired) electrons. The average molecular weight is 248 g/mol. The fraction of sp³-hybridized carbons (Fsp3) is 0.214. The minimum absolute atomic E-state index is 0.484. The van der Waals surface area contributed by atoms with Crippen molar-refractivity contribution in [1.82, 2.24) is 4.98 Å². The van der Waals surface area contributed by atoms with E-state index in [0.29, 0.717) is 10.7 Å². The van der Waals surface area contributed by atoms with Crippen molar-refractivity contribution in [2.75, 3.05) is 0 Å². The van der Waals surface area contributed by atoms with Gasteiger partial charge in [-0.05, 0) is 42.7 Å². The highest BCUT2D eigenvalue weighted by molar-refractivity contribution is 6.31. The molecule has 88 valence electrons. The van der Waals surface area contributed by atoms with Crippen molar-refractivity contribution in [3.05, 3.63) is 63.9 Å². The summed E-state index contributed by atoms with van der Waals surface area (Å²) >= 11 is 6.02. The topological polar surface area (TPSA) is 33.1 Å². The summed E-state index contributed by atoms with van der Waals surface area (Å²) in [6, 6.07) is 9.33. The molecule has 2 aromatic rings. The SMILES string of the molecule is Cc1ccc(C(O)c2ncccc2Cl)cc1C. The molecule has 1 atom stereocenters. The van der Waals surface area contributed by atoms with Gasteiger partial charge in [0.25, 0.3) is 0 Å². The molecule has 1 N–H and O–H groups in total. The van der Waals surface area contributed by atoms with Gasteiger partial charge < -0.3 is 5.11 Å². The molecular formula is C14H14ClNO. The van der Waals surface area contributed by atoms with Gasteiger partial charge in [-0.15, -0.1) is 0 Å². The van der Waals surface area contributed by atoms with Crippen molar-refractivity contribution in [1.29, 1.82) is 0 Å². The first-order chi connectivity index (χ1) is 8.09. The van der Waals surface area contributed by atoms with Crippen LogP contribution in [0, 0.1) is 13.8 Å². The van der Waals surface area contributed by atoms with Crippen LogP contribution < -0.4 is 0 Å². The van der Waals surface area contributed by atoms with E-state index >= 15 is 0 Å². The van der Waals surface area contributed by atoms with Crippen LogP contribution in [-0.4, -0.2) is 10.1 Å². The average Bonchev–Trinajstić information content (AvgIpc) is 2.32. The van der Waals surface area contributed by atoms with E-state index in [4.69, 9.17) is 11.6 Å². The second-order valence-corrected chi connectivity index (χ2v) is 4.52. The molecule has 1 heterocycles. The molecule has 3 heteroatoms. The Morgan fingerprint density at radius 1 is 1.18 bits per heavy atom. The summed E-state index contributed by atoms with van der Waals surface area (Å²) in [5, 5.41) is 10.7. The van der Waals surface area contributed by atoms with Gasteiger partial charge in [0, 0.05) is 6.20 Å². The summed E-state index contributed by atoms with van der Waals surface area (Å²) in [6.07, 6.45) is 0.855. The van der Waals surface area contributed by atoms with E-state index in [9.17, 15) is 5.11 Å². The van der Waals surface area contributed by atoms with Crippen molar-refractivity contribution in [3.63, 3.8) is 0 Å². The van der Waals surface area contributed by atoms with E-state index < -0.39 is 6.10 Å². The normalized spacial score (nSPS) is 12.5. The number of aromatic nitrogens is 1. The molecule has 2 rings (SSSR count). The number of halogens is 1. The van der Waals surface area contributed by atoms with Gasteiger partial charge in [-0.3, -0.25) is 4.98 Å². The Morgan fingerprint density at radius 2 is 1.94 bits per heavy atom. The Hall–Kier alpha value is -1.38. The van der Waals surface area contributed by atoms with Crippen molar-refractivity contribution >= 4 is 11.6 Å². The molecule has 1 aromatic heterocycles. The number of aliphatic hydroxyl groups excluding tert-OH is 1. The van der Waals surface area contributed by atoms with Crippen LogP contribution >= 0.6 is 11.6 Å². The lowest BCUT2D eigenvalue weighted by Gasteiger charge is -2.13. The summed E-state index contributed by atoms with van der Waals surface area (Å²) in [4.78, 5) is 4.12. The van der Waals surface area contributed by atoms with Gasteiger partial charge in [0.05, 0.1) is 10.7 Å². The largest absolute Gasteiger partial charge is 0.382 e. The predicted molar refractivity (Wildman–Crippen MR) is 69.2 cm³/mol. The summed E-state index contributed by atoms with van der Waals surface area (Å²) in [5.41, 5.74) is 3.66. The lowest BCUT2D eigenvalue weighted by molar-refractivity contribution is 0.215. The first-order valence-corrected chi connectivity index (χ1v) is 5.83. The molecule has 1 aromatic carbocycles. The van der Waals surface area contributed by atoms with Crippen molar-refractivity contribution in [2.45, 2.75) is 20.0 Å². The third-order valence-electron chi connectivity index (χ3n) is 2.89. The summed E-state index contributed by atoms with van der Waals surface area (Å²) in [6.45, 7) is 4.06. The second-order valence-electron chi connectivity index (χ2n) is 4.12. The Kier molecular flexibility index (Phi) is 3.46. The highest BCUT2D eigenvalue weighted by Gasteiger charge is 2.15. The van der Waals surface area contributed by atoms with Crippen LogP contribution in [0.2, 0.25) is 5.02 Å². The fourth-order valence-corrected chi connectivity index (χ4v) is 1.92. The number of rotatable bonds is 2. The summed E-state index contributed by atoms with van der Waals surface area (Å²) in [5.74, 6) is 0. The van der Waals surface area contributed by atoms with E-state index in [1.165, 1.54) is 5.56 Å². The molecule has 0 fully saturated rings. The molecule has 0 saturated heterocycles. The minimum Gasteiger partial charge on any atom is -0.382 e. The zero-order chi connectivity index (χ0) is 12.4. The van der Waals surface area contributed by atoms with Crippen LogP contribution in [0.5, 0.6) is 0 Å². The van der Waals surface area contributed by atoms with E-state index in [1.807, 2.05) is 32.0 Å². The molecule has 17 heavy (non-hydrogen) atoms. The Morgan fingerprint density at radius 3 is 2.59 bits per heavy atom. The smallest absolute Gasteiger partial charge is 0.122 e. The number of hydrogen-bond donors (Lipinski definition) is 1. The van der Waals surface area contributed by atoms with E-state index in [0.717, 1.165) is 11.1 Å². The van der Waals surface area contributed by atoms with Crippen molar-refractivity contribution < 1.29 is 5.11 Å². The molecule has 0 saturated carbocycles. The summed E-state index contributed by atoms with van der Waals surface area (Å²) < 4.78 is 0. The van der Waals surface area contributed by atoms with Crippen molar-refractivity contribution in [3.8, 4) is 0 Å². The van der Waals surface area contributed by atoms with Gasteiger partial charge >= 0.3 is 0 Å². The fourth-order valence-electron chi connectivity index (χ4n) is 1.69. The number of benzene rings is 1. The molecule has 2 nitrogen and oxygen atoms in total. The number of aliphatic hydroxyl groups is 1. The Bertz CT molecular complexity index is 539. The minimum atomic E-state index is -0.775. The third kappa shape index (κ3) is 2.48. The molecule has 1 unspecified atom stereocenters. The molecule has 0 spiro atoms. The van der Waals surface area contributed by atoms with Crippen LogP contribution in [-0.2, 0) is 0 Å². The highest BCUT2D eigenvalue weighted by atomic mass is 35.5. The van der Waals surface area contributed by atoms with Gasteiger partial charge in [-0.25, -0.2) is 0 Å². The quantitative estimate of drug-likeness (QED) is 0.882. The van der Waals surface area contributed by atoms with Crippen LogP contribution in [0.1, 0.15) is 28.5 Å². The zero-order valence-corrected chi connectivity index (χ0v) is 10.6. The van der Waals surface area contributed by atoms with Gasteiger partial charge in [0.15, 0.2) is 0 Å². The van der Waals surface area contributed by atoms with Crippen LogP contribution in [0.3, 0.4) is 0 Å². The molecule has 0 bridgehead atoms. The van der Waals surface area contributed by atoms with Crippen molar-refractivity contribution in [2.24, 2.45) is 0 Å². The molecular weight excluding hydrogens is 234 g/mol. The standard InChI is InChI=1S/C14H14ClNO/c1-9-5-6-11(8-10(9)2)14(17)13-12(15)4-3-7-16-13/h3-8,14,17H,1-2H3. The molecule has 0 aliphatic heterocycles. The lowest BCUT2D eigenvalue weighted by atomic mass is 10.0. The molecule has 0 aliphatic carbocycles. The lowest BCUT2D eigenvalue weighted by Crippen LogP contribution is -2.03. The first-order valence-electron chi connectivity index (χ1n) is 5.45. The number of hydrogen-bond acceptors (Lipinski definition) is 2. The predicted octanol–water partition coefficient (Wildman–Crippen LogP) is 3.43. The first kappa shape index (κ1) is 12.1. The maximum Gasteiger partial charge on any atom is 0.122 e. The van der Waals surface area contributed by atoms with Crippen LogP contribution in [0.4, 0.5) is 0 Å². The van der Waals surface area contributed by atoms with E-state index in [2.05, 4.69) is 4.98 Å². The Balaban J connectivity index is 2.40. The van der Waals surface area contributed by atoms with Crippen LogP contribution in [0.15, 0.2) is 36.5 Å². The monoisotopic (exact) mass is 247 g/mol. The maximum absolute atomic E-state index is 10.2. The zero-order valence-electron chi connectivity index (χ0n) is 9.81. The molecule has 0 aliphatic rings. The van der Waals surface area contributed by atoms with E-state index in [-0.39, 0.29) is 0 Å². The number of nitrogens with zero attached hydrogens (tertiary/aromatic N) is 1. The summed E-state index contributed by atoms with van der Waals surface area (Å²) in [7, 11) is 0. The van der Waals surface area contributed by atoms with Gasteiger partial charge in [0.1, 0.15) is 6.10 Å². The number of aryl methyl sites for hydroxylation is 2.